The number of rotatable bonds is 1. The molecule has 4 rings (SSSR count). The van der Waals surface area contributed by atoms with Crippen LogP contribution in [0, 0.1) is 0 Å². The van der Waals surface area contributed by atoms with Gasteiger partial charge in [0, 0.05) is 16.5 Å². The molecule has 0 bridgehead atoms. The zero-order valence-electron chi connectivity index (χ0n) is 11.1. The highest BCUT2D eigenvalue weighted by atomic mass is 79.9. The third-order valence-electron chi connectivity index (χ3n) is 3.81. The van der Waals surface area contributed by atoms with Crippen molar-refractivity contribution in [2.24, 2.45) is 0 Å². The first-order valence-corrected chi connectivity index (χ1v) is 7.54. The molecule has 1 unspecified atom stereocenters. The van der Waals surface area contributed by atoms with Gasteiger partial charge in [0.25, 0.3) is 0 Å². The minimum atomic E-state index is -0.540. The van der Waals surface area contributed by atoms with E-state index in [1.54, 1.807) is 0 Å². The van der Waals surface area contributed by atoms with Gasteiger partial charge in [-0.15, -0.1) is 0 Å². The fourth-order valence-electron chi connectivity index (χ4n) is 2.74. The van der Waals surface area contributed by atoms with E-state index in [-0.39, 0.29) is 12.9 Å². The molecule has 21 heavy (non-hydrogen) atoms. The molecule has 0 saturated heterocycles. The van der Waals surface area contributed by atoms with Crippen LogP contribution in [0.15, 0.2) is 40.9 Å². The lowest BCUT2D eigenvalue weighted by Gasteiger charge is -2.30. The highest BCUT2D eigenvalue weighted by Gasteiger charge is 2.29. The smallest absolute Gasteiger partial charge is 0.231 e. The Kier molecular flexibility index (Phi) is 3.05. The molecule has 2 heterocycles. The molecule has 0 fully saturated rings. The van der Waals surface area contributed by atoms with Gasteiger partial charge in [0.2, 0.25) is 6.79 Å². The normalized spacial score (nSPS) is 22.6. The third-order valence-corrected chi connectivity index (χ3v) is 4.30. The van der Waals surface area contributed by atoms with E-state index in [9.17, 15) is 5.11 Å². The van der Waals surface area contributed by atoms with Crippen molar-refractivity contribution < 1.29 is 19.3 Å². The Bertz CT molecular complexity index is 701. The molecule has 2 aromatic carbocycles. The molecular weight excluding hydrogens is 336 g/mol. The van der Waals surface area contributed by atoms with Crippen molar-refractivity contribution in [3.8, 4) is 17.2 Å². The summed E-state index contributed by atoms with van der Waals surface area (Å²) in [5.74, 6) is 2.20. The van der Waals surface area contributed by atoms with Crippen LogP contribution in [-0.2, 0) is 0 Å². The van der Waals surface area contributed by atoms with Crippen LogP contribution in [0.4, 0.5) is 0 Å². The second kappa shape index (κ2) is 4.93. The Morgan fingerprint density at radius 2 is 1.81 bits per heavy atom. The first-order valence-electron chi connectivity index (χ1n) is 6.74. The van der Waals surface area contributed by atoms with Gasteiger partial charge in [-0.3, -0.25) is 0 Å². The zero-order valence-corrected chi connectivity index (χ0v) is 12.7. The lowest BCUT2D eigenvalue weighted by atomic mass is 9.95. The Morgan fingerprint density at radius 3 is 2.71 bits per heavy atom. The average Bonchev–Trinajstić information content (AvgIpc) is 2.95. The van der Waals surface area contributed by atoms with E-state index in [0.717, 1.165) is 32.8 Å². The van der Waals surface area contributed by atoms with E-state index in [1.165, 1.54) is 0 Å². The number of benzene rings is 2. The fourth-order valence-corrected chi connectivity index (χ4v) is 3.11. The molecule has 0 aromatic heterocycles. The van der Waals surface area contributed by atoms with E-state index in [0.29, 0.717) is 6.42 Å². The van der Waals surface area contributed by atoms with Crippen LogP contribution in [0.25, 0.3) is 0 Å². The van der Waals surface area contributed by atoms with E-state index >= 15 is 0 Å². The number of halogens is 1. The summed E-state index contributed by atoms with van der Waals surface area (Å²) in [5.41, 5.74) is 1.80. The number of hydrogen-bond donors (Lipinski definition) is 1. The molecule has 2 aromatic rings. The van der Waals surface area contributed by atoms with Gasteiger partial charge in [-0.25, -0.2) is 0 Å². The van der Waals surface area contributed by atoms with Gasteiger partial charge >= 0.3 is 0 Å². The molecule has 4 nitrogen and oxygen atoms in total. The quantitative estimate of drug-likeness (QED) is 0.852. The molecule has 0 radical (unpaired) electrons. The average molecular weight is 349 g/mol. The van der Waals surface area contributed by atoms with Crippen LogP contribution in [-0.4, -0.2) is 11.9 Å². The first-order chi connectivity index (χ1) is 10.2. The minimum Gasteiger partial charge on any atom is -0.485 e. The van der Waals surface area contributed by atoms with Crippen LogP contribution in [0.2, 0.25) is 0 Å². The maximum Gasteiger partial charge on any atom is 0.231 e. The lowest BCUT2D eigenvalue weighted by Crippen LogP contribution is -2.19. The molecule has 2 aliphatic heterocycles. The van der Waals surface area contributed by atoms with Crippen molar-refractivity contribution in [2.45, 2.75) is 18.6 Å². The number of aliphatic hydroxyl groups excluding tert-OH is 1. The standard InChI is InChI=1S/C16H13BrO4/c17-10-2-4-13-11(6-10)12(18)7-15(21-13)9-1-3-14-16(5-9)20-8-19-14/h1-6,12,15,18H,7-8H2/t12-,15?/m0/s1. The fraction of sp³-hybridized carbons (Fsp3) is 0.250. The van der Waals surface area contributed by atoms with Gasteiger partial charge in [0.05, 0.1) is 6.10 Å². The predicted molar refractivity (Wildman–Crippen MR) is 79.7 cm³/mol. The highest BCUT2D eigenvalue weighted by Crippen LogP contribution is 2.43. The van der Waals surface area contributed by atoms with Gasteiger partial charge in [-0.05, 0) is 35.9 Å². The molecule has 2 atom stereocenters. The SMILES string of the molecule is O[C@H]1CC(c2ccc3c(c2)OCO3)Oc2ccc(Br)cc21. The van der Waals surface area contributed by atoms with E-state index in [2.05, 4.69) is 15.9 Å². The van der Waals surface area contributed by atoms with Gasteiger partial charge in [0.15, 0.2) is 11.5 Å². The van der Waals surface area contributed by atoms with Crippen molar-refractivity contribution in [3.63, 3.8) is 0 Å². The lowest BCUT2D eigenvalue weighted by molar-refractivity contribution is 0.0655. The Morgan fingerprint density at radius 1 is 1.00 bits per heavy atom. The van der Waals surface area contributed by atoms with Crippen molar-refractivity contribution in [1.29, 1.82) is 0 Å². The van der Waals surface area contributed by atoms with Gasteiger partial charge in [0.1, 0.15) is 11.9 Å². The van der Waals surface area contributed by atoms with Crippen molar-refractivity contribution >= 4 is 15.9 Å². The van der Waals surface area contributed by atoms with Gasteiger partial charge in [-0.2, -0.15) is 0 Å². The maximum atomic E-state index is 10.4. The summed E-state index contributed by atoms with van der Waals surface area (Å²) >= 11 is 3.41. The van der Waals surface area contributed by atoms with Crippen LogP contribution in [0.1, 0.15) is 29.8 Å². The molecule has 2 aliphatic rings. The number of aliphatic hydroxyl groups is 1. The van der Waals surface area contributed by atoms with Crippen LogP contribution < -0.4 is 14.2 Å². The summed E-state index contributed by atoms with van der Waals surface area (Å²) in [7, 11) is 0. The van der Waals surface area contributed by atoms with Crippen molar-refractivity contribution in [2.75, 3.05) is 6.79 Å². The van der Waals surface area contributed by atoms with E-state index in [4.69, 9.17) is 14.2 Å². The summed E-state index contributed by atoms with van der Waals surface area (Å²) in [5, 5.41) is 10.4. The Balaban J connectivity index is 1.67. The molecule has 0 spiro atoms. The molecule has 0 saturated carbocycles. The molecule has 5 heteroatoms. The van der Waals surface area contributed by atoms with Gasteiger partial charge in [-0.1, -0.05) is 22.0 Å². The molecule has 108 valence electrons. The third kappa shape index (κ3) is 2.26. The van der Waals surface area contributed by atoms with Crippen molar-refractivity contribution in [1.82, 2.24) is 0 Å². The number of ether oxygens (including phenoxy) is 3. The number of fused-ring (bicyclic) bond motifs is 2. The summed E-state index contributed by atoms with van der Waals surface area (Å²) in [6, 6.07) is 11.4. The van der Waals surface area contributed by atoms with Crippen molar-refractivity contribution in [3.05, 3.63) is 52.0 Å². The second-order valence-corrected chi connectivity index (χ2v) is 6.07. The summed E-state index contributed by atoms with van der Waals surface area (Å²) in [6.07, 6.45) is -0.215. The van der Waals surface area contributed by atoms with Crippen LogP contribution in [0.3, 0.4) is 0 Å². The summed E-state index contributed by atoms with van der Waals surface area (Å²) < 4.78 is 17.7. The highest BCUT2D eigenvalue weighted by molar-refractivity contribution is 9.10. The van der Waals surface area contributed by atoms with E-state index in [1.807, 2.05) is 36.4 Å². The van der Waals surface area contributed by atoms with Crippen LogP contribution >= 0.6 is 15.9 Å². The van der Waals surface area contributed by atoms with Crippen LogP contribution in [0.5, 0.6) is 17.2 Å². The van der Waals surface area contributed by atoms with Gasteiger partial charge < -0.3 is 19.3 Å². The largest absolute Gasteiger partial charge is 0.485 e. The monoisotopic (exact) mass is 348 g/mol. The molecule has 0 amide bonds. The Hall–Kier alpha value is -1.72. The number of hydrogen-bond acceptors (Lipinski definition) is 4. The molecule has 1 N–H and O–H groups in total. The topological polar surface area (TPSA) is 47.9 Å². The summed E-state index contributed by atoms with van der Waals surface area (Å²) in [6.45, 7) is 0.254. The molecule has 0 aliphatic carbocycles. The summed E-state index contributed by atoms with van der Waals surface area (Å²) in [4.78, 5) is 0. The predicted octanol–water partition coefficient (Wildman–Crippen LogP) is 3.74. The van der Waals surface area contributed by atoms with E-state index < -0.39 is 6.10 Å². The first kappa shape index (κ1) is 13.0. The minimum absolute atomic E-state index is 0.192. The zero-order chi connectivity index (χ0) is 14.4. The maximum absolute atomic E-state index is 10.4. The molecular formula is C16H13BrO4. The Labute approximate surface area is 130 Å². The second-order valence-electron chi connectivity index (χ2n) is 5.15.